The number of carbonyl (C=O) groups is 1. The number of nitrogen functional groups attached to an aromatic ring is 1. The van der Waals surface area contributed by atoms with E-state index in [1.807, 2.05) is 23.1 Å². The second kappa shape index (κ2) is 8.91. The molecular weight excluding hydrogens is 424 g/mol. The number of likely N-dealkylation sites (tertiary alicyclic amines) is 1. The van der Waals surface area contributed by atoms with Crippen LogP contribution in [-0.4, -0.2) is 55.2 Å². The molecule has 3 aromatic rings. The highest BCUT2D eigenvalue weighted by Crippen LogP contribution is 2.38. The molecule has 0 saturated carbocycles. The van der Waals surface area contributed by atoms with Crippen molar-refractivity contribution in [1.82, 2.24) is 9.88 Å². The predicted octanol–water partition coefficient (Wildman–Crippen LogP) is 4.85. The summed E-state index contributed by atoms with van der Waals surface area (Å²) in [7, 11) is 0. The number of morpholine rings is 1. The summed E-state index contributed by atoms with van der Waals surface area (Å²) in [5, 5.41) is 1.02. The lowest BCUT2D eigenvalue weighted by Crippen LogP contribution is -2.36. The van der Waals surface area contributed by atoms with E-state index in [4.69, 9.17) is 15.5 Å². The summed E-state index contributed by atoms with van der Waals surface area (Å²) in [6.45, 7) is 11.3. The average Bonchev–Trinajstić information content (AvgIpc) is 3.37. The van der Waals surface area contributed by atoms with E-state index in [-0.39, 0.29) is 11.3 Å². The molecule has 0 unspecified atom stereocenters. The van der Waals surface area contributed by atoms with E-state index < -0.39 is 0 Å². The van der Waals surface area contributed by atoms with Crippen molar-refractivity contribution in [3.8, 4) is 11.1 Å². The Labute approximate surface area is 201 Å². The SMILES string of the molecule is CC(C)(C)c1cccc(C(=O)N2CCCC2)c1-c1ccc2nc(N)c(N3CCOCC3)cc2c1. The zero-order valence-corrected chi connectivity index (χ0v) is 20.4. The molecule has 6 nitrogen and oxygen atoms in total. The zero-order valence-electron chi connectivity index (χ0n) is 20.4. The maximum atomic E-state index is 13.6. The van der Waals surface area contributed by atoms with Crippen molar-refractivity contribution >= 4 is 28.3 Å². The van der Waals surface area contributed by atoms with Crippen LogP contribution in [0.5, 0.6) is 0 Å². The molecule has 0 spiro atoms. The number of nitrogens with zero attached hydrogens (tertiary/aromatic N) is 3. The Kier molecular flexibility index (Phi) is 5.94. The van der Waals surface area contributed by atoms with Crippen LogP contribution in [0.25, 0.3) is 22.0 Å². The first kappa shape index (κ1) is 22.7. The van der Waals surface area contributed by atoms with E-state index in [1.54, 1.807) is 0 Å². The lowest BCUT2D eigenvalue weighted by atomic mass is 9.79. The molecule has 3 heterocycles. The third-order valence-corrected chi connectivity index (χ3v) is 6.96. The highest BCUT2D eigenvalue weighted by Gasteiger charge is 2.27. The van der Waals surface area contributed by atoms with Crippen molar-refractivity contribution < 1.29 is 9.53 Å². The molecule has 2 aliphatic rings. The Morgan fingerprint density at radius 2 is 1.74 bits per heavy atom. The summed E-state index contributed by atoms with van der Waals surface area (Å²) in [5.74, 6) is 0.672. The summed E-state index contributed by atoms with van der Waals surface area (Å²) in [6.07, 6.45) is 2.15. The van der Waals surface area contributed by atoms with E-state index in [0.717, 1.165) is 72.3 Å². The molecule has 0 aliphatic carbocycles. The van der Waals surface area contributed by atoms with Gasteiger partial charge in [0.15, 0.2) is 0 Å². The van der Waals surface area contributed by atoms with Gasteiger partial charge < -0.3 is 20.3 Å². The van der Waals surface area contributed by atoms with E-state index in [1.165, 1.54) is 5.56 Å². The Balaban J connectivity index is 1.66. The number of fused-ring (bicyclic) bond motifs is 1. The van der Waals surface area contributed by atoms with Crippen LogP contribution in [0.15, 0.2) is 42.5 Å². The minimum absolute atomic E-state index is 0.107. The van der Waals surface area contributed by atoms with Crippen molar-refractivity contribution in [3.05, 3.63) is 53.6 Å². The Bertz CT molecular complexity index is 1220. The van der Waals surface area contributed by atoms with Gasteiger partial charge in [0.1, 0.15) is 5.82 Å². The maximum absolute atomic E-state index is 13.6. The molecule has 0 atom stereocenters. The first-order valence-electron chi connectivity index (χ1n) is 12.3. The van der Waals surface area contributed by atoms with E-state index in [9.17, 15) is 4.79 Å². The van der Waals surface area contributed by atoms with Gasteiger partial charge in [-0.1, -0.05) is 39.0 Å². The first-order chi connectivity index (χ1) is 16.3. The minimum Gasteiger partial charge on any atom is -0.382 e. The molecule has 2 aromatic carbocycles. The maximum Gasteiger partial charge on any atom is 0.254 e. The molecule has 2 fully saturated rings. The van der Waals surface area contributed by atoms with Gasteiger partial charge >= 0.3 is 0 Å². The Morgan fingerprint density at radius 1 is 1.00 bits per heavy atom. The number of amides is 1. The minimum atomic E-state index is -0.107. The molecule has 0 radical (unpaired) electrons. The molecule has 6 heteroatoms. The van der Waals surface area contributed by atoms with Crippen LogP contribution in [0.4, 0.5) is 11.5 Å². The van der Waals surface area contributed by atoms with Gasteiger partial charge in [0.2, 0.25) is 0 Å². The van der Waals surface area contributed by atoms with Gasteiger partial charge in [0.05, 0.1) is 24.4 Å². The van der Waals surface area contributed by atoms with Gasteiger partial charge in [0.25, 0.3) is 5.91 Å². The van der Waals surface area contributed by atoms with E-state index >= 15 is 0 Å². The second-order valence-electron chi connectivity index (χ2n) is 10.4. The van der Waals surface area contributed by atoms with Crippen LogP contribution in [0.2, 0.25) is 0 Å². The highest BCUT2D eigenvalue weighted by molar-refractivity contribution is 6.03. The van der Waals surface area contributed by atoms with Crippen LogP contribution in [0.3, 0.4) is 0 Å². The van der Waals surface area contributed by atoms with Gasteiger partial charge in [-0.25, -0.2) is 4.98 Å². The van der Waals surface area contributed by atoms with Crippen LogP contribution in [0.1, 0.15) is 49.5 Å². The van der Waals surface area contributed by atoms with Crippen molar-refractivity contribution in [1.29, 1.82) is 0 Å². The van der Waals surface area contributed by atoms with Crippen LogP contribution in [0, 0.1) is 0 Å². The standard InChI is InChI=1S/C28H34N4O2/c1-28(2,3)22-8-6-7-21(27(33)32-11-4-5-12-32)25(22)19-9-10-23-20(17-19)18-24(26(29)30-23)31-13-15-34-16-14-31/h6-10,17-18H,4-5,11-16H2,1-3H3,(H2,29,30). The monoisotopic (exact) mass is 458 g/mol. The molecule has 178 valence electrons. The van der Waals surface area contributed by atoms with Gasteiger partial charge in [-0.2, -0.15) is 0 Å². The Morgan fingerprint density at radius 3 is 2.44 bits per heavy atom. The number of pyridine rings is 1. The number of ether oxygens (including phenoxy) is 1. The van der Waals surface area contributed by atoms with Gasteiger partial charge in [-0.15, -0.1) is 0 Å². The van der Waals surface area contributed by atoms with Crippen molar-refractivity contribution in [3.63, 3.8) is 0 Å². The average molecular weight is 459 g/mol. The second-order valence-corrected chi connectivity index (χ2v) is 10.4. The van der Waals surface area contributed by atoms with E-state index in [2.05, 4.69) is 49.9 Å². The molecular formula is C28H34N4O2. The molecule has 2 aliphatic heterocycles. The summed E-state index contributed by atoms with van der Waals surface area (Å²) in [5.41, 5.74) is 12.1. The number of benzene rings is 2. The smallest absolute Gasteiger partial charge is 0.254 e. The molecule has 1 aromatic heterocycles. The third-order valence-electron chi connectivity index (χ3n) is 6.96. The van der Waals surface area contributed by atoms with Crippen LogP contribution >= 0.6 is 0 Å². The quantitative estimate of drug-likeness (QED) is 0.607. The predicted molar refractivity (Wildman–Crippen MR) is 138 cm³/mol. The van der Waals surface area contributed by atoms with Crippen molar-refractivity contribution in [2.24, 2.45) is 0 Å². The van der Waals surface area contributed by atoms with E-state index in [0.29, 0.717) is 19.0 Å². The molecule has 2 saturated heterocycles. The zero-order chi connectivity index (χ0) is 23.9. The molecule has 1 amide bonds. The van der Waals surface area contributed by atoms with Gasteiger partial charge in [-0.05, 0) is 59.2 Å². The summed E-state index contributed by atoms with van der Waals surface area (Å²) >= 11 is 0. The topological polar surface area (TPSA) is 71.7 Å². The van der Waals surface area contributed by atoms with Gasteiger partial charge in [0, 0.05) is 37.1 Å². The number of rotatable bonds is 3. The fourth-order valence-electron chi connectivity index (χ4n) is 5.15. The summed E-state index contributed by atoms with van der Waals surface area (Å²) in [4.78, 5) is 22.5. The van der Waals surface area contributed by atoms with Gasteiger partial charge in [-0.3, -0.25) is 4.79 Å². The number of carbonyl (C=O) groups excluding carboxylic acids is 1. The number of anilines is 2. The third kappa shape index (κ3) is 4.23. The molecule has 34 heavy (non-hydrogen) atoms. The van der Waals surface area contributed by atoms with Crippen molar-refractivity contribution in [2.75, 3.05) is 50.0 Å². The number of nitrogens with two attached hydrogens (primary N) is 1. The Hall–Kier alpha value is -3.12. The largest absolute Gasteiger partial charge is 0.382 e. The number of hydrogen-bond donors (Lipinski definition) is 1. The molecule has 5 rings (SSSR count). The van der Waals surface area contributed by atoms with Crippen LogP contribution < -0.4 is 10.6 Å². The summed E-state index contributed by atoms with van der Waals surface area (Å²) < 4.78 is 5.51. The number of hydrogen-bond acceptors (Lipinski definition) is 5. The van der Waals surface area contributed by atoms with Crippen molar-refractivity contribution in [2.45, 2.75) is 39.0 Å². The molecule has 0 bridgehead atoms. The number of aromatic nitrogens is 1. The fourth-order valence-corrected chi connectivity index (χ4v) is 5.15. The molecule has 2 N–H and O–H groups in total. The normalized spacial score (nSPS) is 16.9. The summed E-state index contributed by atoms with van der Waals surface area (Å²) in [6, 6.07) is 14.6. The highest BCUT2D eigenvalue weighted by atomic mass is 16.5. The fraction of sp³-hybridized carbons (Fsp3) is 0.429. The first-order valence-corrected chi connectivity index (χ1v) is 12.3. The lowest BCUT2D eigenvalue weighted by molar-refractivity contribution is 0.0793. The lowest BCUT2D eigenvalue weighted by Gasteiger charge is -2.29. The van der Waals surface area contributed by atoms with Crippen LogP contribution in [-0.2, 0) is 10.2 Å².